The molecule has 25 heavy (non-hydrogen) atoms. The van der Waals surface area contributed by atoms with Crippen molar-refractivity contribution in [1.29, 1.82) is 0 Å². The standard InChI is InChI=1S/C15H15ClN6O2S/c16-15-20-11-12(14(21-15)22-3-6-25(23)7-4-22)18-9-19-13(11)17-8-10-2-1-5-24-10/h1-2,5,9H,3-4,6-8H2,(H,17,18,19). The molecule has 4 heterocycles. The fraction of sp³-hybridized carbons (Fsp3) is 0.333. The number of hydrogen-bond donors (Lipinski definition) is 1. The summed E-state index contributed by atoms with van der Waals surface area (Å²) in [5, 5.41) is 3.32. The van der Waals surface area contributed by atoms with Crippen LogP contribution in [0.5, 0.6) is 0 Å². The number of anilines is 2. The zero-order valence-corrected chi connectivity index (χ0v) is 14.8. The molecule has 0 saturated carbocycles. The van der Waals surface area contributed by atoms with E-state index in [1.54, 1.807) is 6.26 Å². The molecule has 130 valence electrons. The van der Waals surface area contributed by atoms with Crippen molar-refractivity contribution < 1.29 is 8.63 Å². The second-order valence-corrected chi connectivity index (χ2v) is 7.54. The molecular formula is C15H15ClN6O2S. The van der Waals surface area contributed by atoms with E-state index in [1.807, 2.05) is 17.0 Å². The smallest absolute Gasteiger partial charge is 0.225 e. The summed E-state index contributed by atoms with van der Waals surface area (Å²) in [6, 6.07) is 3.70. The van der Waals surface area contributed by atoms with Crippen molar-refractivity contribution in [3.8, 4) is 0 Å². The molecule has 0 amide bonds. The van der Waals surface area contributed by atoms with Crippen LogP contribution in [-0.2, 0) is 17.3 Å². The third-order valence-corrected chi connectivity index (χ3v) is 5.37. The number of aromatic nitrogens is 4. The molecule has 8 nitrogen and oxygen atoms in total. The molecule has 0 unspecified atom stereocenters. The summed E-state index contributed by atoms with van der Waals surface area (Å²) >= 11 is 6.13. The molecule has 1 aliphatic rings. The van der Waals surface area contributed by atoms with Gasteiger partial charge in [0.25, 0.3) is 0 Å². The van der Waals surface area contributed by atoms with Crippen molar-refractivity contribution >= 4 is 45.1 Å². The largest absolute Gasteiger partial charge is 0.467 e. The number of nitrogens with one attached hydrogen (secondary N) is 1. The second kappa shape index (κ2) is 6.93. The minimum atomic E-state index is -0.772. The van der Waals surface area contributed by atoms with Gasteiger partial charge in [-0.3, -0.25) is 4.21 Å². The summed E-state index contributed by atoms with van der Waals surface area (Å²) in [6.45, 7) is 1.77. The molecule has 1 N–H and O–H groups in total. The van der Waals surface area contributed by atoms with Crippen LogP contribution in [0.1, 0.15) is 5.76 Å². The van der Waals surface area contributed by atoms with Crippen molar-refractivity contribution in [2.24, 2.45) is 0 Å². The van der Waals surface area contributed by atoms with Gasteiger partial charge in [-0.2, -0.15) is 4.98 Å². The minimum absolute atomic E-state index is 0.130. The molecule has 0 radical (unpaired) electrons. The lowest BCUT2D eigenvalue weighted by Crippen LogP contribution is -2.38. The highest BCUT2D eigenvalue weighted by Gasteiger charge is 2.22. The number of nitrogens with zero attached hydrogens (tertiary/aromatic N) is 5. The van der Waals surface area contributed by atoms with E-state index in [-0.39, 0.29) is 5.28 Å². The first-order valence-electron chi connectivity index (χ1n) is 7.75. The summed E-state index contributed by atoms with van der Waals surface area (Å²) in [5.74, 6) is 3.21. The van der Waals surface area contributed by atoms with Crippen LogP contribution in [0, 0.1) is 0 Å². The topological polar surface area (TPSA) is 97.0 Å². The fourth-order valence-corrected chi connectivity index (χ4v) is 3.91. The molecule has 10 heteroatoms. The van der Waals surface area contributed by atoms with E-state index >= 15 is 0 Å². The van der Waals surface area contributed by atoms with Crippen LogP contribution in [0.15, 0.2) is 29.1 Å². The van der Waals surface area contributed by atoms with Gasteiger partial charge in [-0.15, -0.1) is 0 Å². The summed E-state index contributed by atoms with van der Waals surface area (Å²) < 4.78 is 16.9. The fourth-order valence-electron chi connectivity index (χ4n) is 2.69. The van der Waals surface area contributed by atoms with Gasteiger partial charge in [-0.1, -0.05) is 0 Å². The van der Waals surface area contributed by atoms with Gasteiger partial charge < -0.3 is 14.6 Å². The maximum Gasteiger partial charge on any atom is 0.225 e. The van der Waals surface area contributed by atoms with Crippen LogP contribution in [0.4, 0.5) is 11.6 Å². The highest BCUT2D eigenvalue weighted by atomic mass is 35.5. The Balaban J connectivity index is 1.70. The van der Waals surface area contributed by atoms with Gasteiger partial charge in [0.1, 0.15) is 23.1 Å². The number of halogens is 1. The molecule has 0 aliphatic carbocycles. The second-order valence-electron chi connectivity index (χ2n) is 5.50. The maximum absolute atomic E-state index is 11.6. The Bertz CT molecular complexity index is 910. The third-order valence-electron chi connectivity index (χ3n) is 3.92. The van der Waals surface area contributed by atoms with Gasteiger partial charge in [0.05, 0.1) is 12.8 Å². The monoisotopic (exact) mass is 378 g/mol. The summed E-state index contributed by atoms with van der Waals surface area (Å²) in [7, 11) is -0.772. The zero-order valence-electron chi connectivity index (χ0n) is 13.2. The highest BCUT2D eigenvalue weighted by Crippen LogP contribution is 2.28. The molecular weight excluding hydrogens is 364 g/mol. The molecule has 1 aliphatic heterocycles. The molecule has 0 spiro atoms. The highest BCUT2D eigenvalue weighted by molar-refractivity contribution is 7.85. The van der Waals surface area contributed by atoms with E-state index < -0.39 is 10.8 Å². The predicted molar refractivity (Wildman–Crippen MR) is 96.3 cm³/mol. The molecule has 4 rings (SSSR count). The Morgan fingerprint density at radius 1 is 1.24 bits per heavy atom. The minimum Gasteiger partial charge on any atom is -0.467 e. The Kier molecular flexibility index (Phi) is 4.50. The Morgan fingerprint density at radius 2 is 2.08 bits per heavy atom. The first-order valence-corrected chi connectivity index (χ1v) is 9.62. The lowest BCUT2D eigenvalue weighted by molar-refractivity contribution is 0.518. The molecule has 1 saturated heterocycles. The number of fused-ring (bicyclic) bond motifs is 1. The van der Waals surface area contributed by atoms with Gasteiger partial charge >= 0.3 is 0 Å². The van der Waals surface area contributed by atoms with Crippen LogP contribution in [0.25, 0.3) is 11.0 Å². The van der Waals surface area contributed by atoms with E-state index in [4.69, 9.17) is 16.0 Å². The average molecular weight is 379 g/mol. The first-order chi connectivity index (χ1) is 12.2. The van der Waals surface area contributed by atoms with Crippen LogP contribution in [0.3, 0.4) is 0 Å². The number of hydrogen-bond acceptors (Lipinski definition) is 8. The number of rotatable bonds is 4. The molecule has 3 aromatic rings. The van der Waals surface area contributed by atoms with Gasteiger partial charge in [-0.25, -0.2) is 15.0 Å². The van der Waals surface area contributed by atoms with Crippen molar-refractivity contribution in [3.63, 3.8) is 0 Å². The average Bonchev–Trinajstić information content (AvgIpc) is 3.13. The van der Waals surface area contributed by atoms with E-state index in [0.29, 0.717) is 53.8 Å². The molecule has 0 bridgehead atoms. The van der Waals surface area contributed by atoms with E-state index in [9.17, 15) is 4.21 Å². The van der Waals surface area contributed by atoms with Gasteiger partial charge in [0.2, 0.25) is 5.28 Å². The van der Waals surface area contributed by atoms with Crippen LogP contribution in [0.2, 0.25) is 5.28 Å². The van der Waals surface area contributed by atoms with Crippen molar-refractivity contribution in [3.05, 3.63) is 35.8 Å². The van der Waals surface area contributed by atoms with E-state index in [2.05, 4.69) is 25.3 Å². The first kappa shape index (κ1) is 16.2. The van der Waals surface area contributed by atoms with Gasteiger partial charge in [0.15, 0.2) is 11.6 Å². The normalized spacial score (nSPS) is 15.6. The Labute approximate surface area is 151 Å². The molecule has 3 aromatic heterocycles. The quantitative estimate of drug-likeness (QED) is 0.687. The molecule has 0 aromatic carbocycles. The Morgan fingerprint density at radius 3 is 2.84 bits per heavy atom. The third kappa shape index (κ3) is 3.42. The maximum atomic E-state index is 11.6. The lowest BCUT2D eigenvalue weighted by Gasteiger charge is -2.27. The van der Waals surface area contributed by atoms with Crippen LogP contribution in [-0.4, -0.2) is 48.7 Å². The van der Waals surface area contributed by atoms with Crippen molar-refractivity contribution in [1.82, 2.24) is 19.9 Å². The summed E-state index contributed by atoms with van der Waals surface area (Å²) in [4.78, 5) is 19.3. The molecule has 0 atom stereocenters. The Hall–Kier alpha value is -2.26. The van der Waals surface area contributed by atoms with E-state index in [0.717, 1.165) is 5.76 Å². The SMILES string of the molecule is O=S1CCN(c2nc(Cl)nc3c(NCc4ccco4)ncnc23)CC1. The lowest BCUT2D eigenvalue weighted by atomic mass is 10.3. The van der Waals surface area contributed by atoms with Crippen molar-refractivity contribution in [2.45, 2.75) is 6.54 Å². The van der Waals surface area contributed by atoms with Crippen molar-refractivity contribution in [2.75, 3.05) is 34.8 Å². The number of furan rings is 1. The van der Waals surface area contributed by atoms with Crippen LogP contribution >= 0.6 is 11.6 Å². The van der Waals surface area contributed by atoms with E-state index in [1.165, 1.54) is 6.33 Å². The molecule has 1 fully saturated rings. The van der Waals surface area contributed by atoms with Gasteiger partial charge in [0, 0.05) is 35.4 Å². The summed E-state index contributed by atoms with van der Waals surface area (Å²) in [5.41, 5.74) is 1.17. The van der Waals surface area contributed by atoms with Gasteiger partial charge in [-0.05, 0) is 23.7 Å². The predicted octanol–water partition coefficient (Wildman–Crippen LogP) is 1.85. The summed E-state index contributed by atoms with van der Waals surface area (Å²) in [6.07, 6.45) is 3.09. The van der Waals surface area contributed by atoms with Crippen LogP contribution < -0.4 is 10.2 Å². The zero-order chi connectivity index (χ0) is 17.2.